The van der Waals surface area contributed by atoms with Gasteiger partial charge in [-0.25, -0.2) is 9.07 Å². The Hall–Kier alpha value is -3.75. The number of hydrogen-bond acceptors (Lipinski definition) is 5. The largest absolute Gasteiger partial charge is 0.368 e. The zero-order chi connectivity index (χ0) is 20.4. The number of amides is 1. The van der Waals surface area contributed by atoms with Gasteiger partial charge in [-0.1, -0.05) is 0 Å². The van der Waals surface area contributed by atoms with Gasteiger partial charge in [-0.2, -0.15) is 5.10 Å². The first-order valence-corrected chi connectivity index (χ1v) is 9.11. The molecule has 1 aromatic heterocycles. The van der Waals surface area contributed by atoms with Gasteiger partial charge in [-0.3, -0.25) is 14.9 Å². The lowest BCUT2D eigenvalue weighted by Gasteiger charge is -2.35. The van der Waals surface area contributed by atoms with Crippen LogP contribution < -0.4 is 4.90 Å². The Kier molecular flexibility index (Phi) is 4.94. The van der Waals surface area contributed by atoms with Crippen LogP contribution in [-0.2, 0) is 0 Å². The average Bonchev–Trinajstić information content (AvgIpc) is 3.24. The van der Waals surface area contributed by atoms with Gasteiger partial charge in [-0.15, -0.1) is 0 Å². The lowest BCUT2D eigenvalue weighted by Crippen LogP contribution is -2.48. The summed E-state index contributed by atoms with van der Waals surface area (Å²) in [7, 11) is 0. The zero-order valence-corrected chi connectivity index (χ0v) is 15.4. The number of rotatable bonds is 4. The predicted molar refractivity (Wildman–Crippen MR) is 105 cm³/mol. The van der Waals surface area contributed by atoms with Crippen molar-refractivity contribution in [3.63, 3.8) is 0 Å². The molecule has 29 heavy (non-hydrogen) atoms. The summed E-state index contributed by atoms with van der Waals surface area (Å²) in [5.41, 5.74) is 1.88. The first kappa shape index (κ1) is 18.6. The average molecular weight is 395 g/mol. The van der Waals surface area contributed by atoms with Gasteiger partial charge in [0.1, 0.15) is 5.82 Å². The Morgan fingerprint density at radius 3 is 2.17 bits per heavy atom. The molecule has 8 nitrogen and oxygen atoms in total. The Bertz CT molecular complexity index is 1030. The molecule has 0 saturated carbocycles. The van der Waals surface area contributed by atoms with Crippen molar-refractivity contribution < 1.29 is 14.1 Å². The molecule has 3 aromatic rings. The van der Waals surface area contributed by atoms with Gasteiger partial charge in [0.25, 0.3) is 11.6 Å². The van der Waals surface area contributed by atoms with E-state index in [-0.39, 0.29) is 17.4 Å². The predicted octanol–water partition coefficient (Wildman–Crippen LogP) is 2.88. The van der Waals surface area contributed by atoms with Crippen LogP contribution in [0.5, 0.6) is 0 Å². The number of non-ortho nitro benzene ring substituents is 1. The lowest BCUT2D eigenvalue weighted by atomic mass is 10.2. The molecular formula is C20H18FN5O3. The Morgan fingerprint density at radius 2 is 1.55 bits per heavy atom. The normalized spacial score (nSPS) is 14.1. The van der Waals surface area contributed by atoms with Crippen LogP contribution in [0.2, 0.25) is 0 Å². The van der Waals surface area contributed by atoms with Crippen LogP contribution in [0.3, 0.4) is 0 Å². The van der Waals surface area contributed by atoms with E-state index in [0.29, 0.717) is 37.6 Å². The number of nitro groups is 1. The molecule has 1 amide bonds. The number of benzene rings is 2. The molecule has 2 heterocycles. The molecule has 0 unspecified atom stereocenters. The van der Waals surface area contributed by atoms with Crippen LogP contribution >= 0.6 is 0 Å². The Morgan fingerprint density at radius 1 is 0.931 bits per heavy atom. The second-order valence-electron chi connectivity index (χ2n) is 6.67. The third-order valence-corrected chi connectivity index (χ3v) is 4.89. The third-order valence-electron chi connectivity index (χ3n) is 4.89. The van der Waals surface area contributed by atoms with Gasteiger partial charge in [0, 0.05) is 50.2 Å². The highest BCUT2D eigenvalue weighted by molar-refractivity contribution is 5.92. The molecule has 0 spiro atoms. The monoisotopic (exact) mass is 395 g/mol. The van der Waals surface area contributed by atoms with E-state index in [4.69, 9.17) is 0 Å². The van der Waals surface area contributed by atoms with Crippen LogP contribution in [0.15, 0.2) is 60.8 Å². The number of carbonyl (C=O) groups is 1. The minimum absolute atomic E-state index is 0.00349. The molecule has 1 fully saturated rings. The number of carbonyl (C=O) groups excluding carboxylic acids is 1. The topological polar surface area (TPSA) is 84.5 Å². The fourth-order valence-electron chi connectivity index (χ4n) is 3.29. The van der Waals surface area contributed by atoms with Gasteiger partial charge in [0.15, 0.2) is 5.69 Å². The van der Waals surface area contributed by atoms with Crippen LogP contribution in [0.1, 0.15) is 10.5 Å². The molecule has 0 N–H and O–H groups in total. The second kappa shape index (κ2) is 7.70. The molecule has 9 heteroatoms. The first-order valence-electron chi connectivity index (χ1n) is 9.11. The van der Waals surface area contributed by atoms with Gasteiger partial charge in [0.05, 0.1) is 10.6 Å². The number of hydrogen-bond donors (Lipinski definition) is 0. The molecule has 0 radical (unpaired) electrons. The summed E-state index contributed by atoms with van der Waals surface area (Å²) in [4.78, 5) is 26.9. The van der Waals surface area contributed by atoms with E-state index in [9.17, 15) is 19.3 Å². The summed E-state index contributed by atoms with van der Waals surface area (Å²) in [5.74, 6) is -0.435. The number of nitrogens with zero attached hydrogens (tertiary/aromatic N) is 5. The van der Waals surface area contributed by atoms with Gasteiger partial charge >= 0.3 is 0 Å². The highest BCUT2D eigenvalue weighted by Gasteiger charge is 2.24. The molecule has 148 valence electrons. The van der Waals surface area contributed by atoms with E-state index in [0.717, 1.165) is 5.69 Å². The highest BCUT2D eigenvalue weighted by atomic mass is 19.1. The standard InChI is InChI=1S/C20H18FN5O3/c21-15-1-3-16(4-2-15)23-11-13-24(14-12-23)20(27)19-9-10-25(22-19)17-5-7-18(8-6-17)26(28)29/h1-10H,11-14H2. The smallest absolute Gasteiger partial charge is 0.274 e. The van der Waals surface area contributed by atoms with E-state index in [1.54, 1.807) is 41.4 Å². The van der Waals surface area contributed by atoms with E-state index in [2.05, 4.69) is 10.00 Å². The number of halogens is 1. The van der Waals surface area contributed by atoms with Crippen molar-refractivity contribution in [3.8, 4) is 5.69 Å². The third kappa shape index (κ3) is 3.93. The van der Waals surface area contributed by atoms with E-state index in [1.807, 2.05) is 0 Å². The number of nitro benzene ring substituents is 1. The van der Waals surface area contributed by atoms with Crippen molar-refractivity contribution in [3.05, 3.63) is 82.4 Å². The molecule has 1 aliphatic heterocycles. The van der Waals surface area contributed by atoms with Gasteiger partial charge < -0.3 is 9.80 Å². The number of aromatic nitrogens is 2. The molecule has 1 aliphatic rings. The van der Waals surface area contributed by atoms with Crippen molar-refractivity contribution in [1.29, 1.82) is 0 Å². The summed E-state index contributed by atoms with van der Waals surface area (Å²) in [6, 6.07) is 13.9. The quantitative estimate of drug-likeness (QED) is 0.501. The minimum Gasteiger partial charge on any atom is -0.368 e. The highest BCUT2D eigenvalue weighted by Crippen LogP contribution is 2.19. The molecule has 0 aliphatic carbocycles. The van der Waals surface area contributed by atoms with Crippen molar-refractivity contribution in [2.24, 2.45) is 0 Å². The fourth-order valence-corrected chi connectivity index (χ4v) is 3.29. The maximum absolute atomic E-state index is 13.1. The molecule has 0 bridgehead atoms. The molecule has 4 rings (SSSR count). The van der Waals surface area contributed by atoms with Crippen molar-refractivity contribution in [2.45, 2.75) is 0 Å². The maximum atomic E-state index is 13.1. The molecule has 2 aromatic carbocycles. The summed E-state index contributed by atoms with van der Waals surface area (Å²) in [6.07, 6.45) is 1.66. The Balaban J connectivity index is 1.40. The van der Waals surface area contributed by atoms with Gasteiger partial charge in [0.2, 0.25) is 0 Å². The summed E-state index contributed by atoms with van der Waals surface area (Å²) < 4.78 is 14.6. The van der Waals surface area contributed by atoms with Crippen LogP contribution in [0.4, 0.5) is 15.8 Å². The molecular weight excluding hydrogens is 377 g/mol. The van der Waals surface area contributed by atoms with E-state index in [1.165, 1.54) is 28.9 Å². The summed E-state index contributed by atoms with van der Waals surface area (Å²) in [6.45, 7) is 2.39. The summed E-state index contributed by atoms with van der Waals surface area (Å²) >= 11 is 0. The van der Waals surface area contributed by atoms with Crippen molar-refractivity contribution >= 4 is 17.3 Å². The SMILES string of the molecule is O=C(c1ccn(-c2ccc([N+](=O)[O-])cc2)n1)N1CCN(c2ccc(F)cc2)CC1. The number of piperazine rings is 1. The van der Waals surface area contributed by atoms with Crippen molar-refractivity contribution in [2.75, 3.05) is 31.1 Å². The second-order valence-corrected chi connectivity index (χ2v) is 6.67. The first-order chi connectivity index (χ1) is 14.0. The maximum Gasteiger partial charge on any atom is 0.274 e. The van der Waals surface area contributed by atoms with Crippen LogP contribution in [-0.4, -0.2) is 51.7 Å². The fraction of sp³-hybridized carbons (Fsp3) is 0.200. The lowest BCUT2D eigenvalue weighted by molar-refractivity contribution is -0.384. The van der Waals surface area contributed by atoms with E-state index >= 15 is 0 Å². The molecule has 0 atom stereocenters. The van der Waals surface area contributed by atoms with Crippen molar-refractivity contribution in [1.82, 2.24) is 14.7 Å². The number of anilines is 1. The molecule has 1 saturated heterocycles. The zero-order valence-electron chi connectivity index (χ0n) is 15.4. The van der Waals surface area contributed by atoms with Crippen LogP contribution in [0, 0.1) is 15.9 Å². The van der Waals surface area contributed by atoms with Gasteiger partial charge in [-0.05, 0) is 42.5 Å². The summed E-state index contributed by atoms with van der Waals surface area (Å²) in [5, 5.41) is 15.1. The Labute approximate surface area is 165 Å². The van der Waals surface area contributed by atoms with E-state index < -0.39 is 4.92 Å². The van der Waals surface area contributed by atoms with Crippen LogP contribution in [0.25, 0.3) is 5.69 Å². The minimum atomic E-state index is -0.465.